The highest BCUT2D eigenvalue weighted by Crippen LogP contribution is 2.34. The molecule has 2 N–H and O–H groups in total. The van der Waals surface area contributed by atoms with Gasteiger partial charge in [0.2, 0.25) is 0 Å². The summed E-state index contributed by atoms with van der Waals surface area (Å²) in [5, 5.41) is 0. The molecule has 0 spiro atoms. The molecule has 0 aliphatic carbocycles. The normalized spacial score (nSPS) is 22.5. The Morgan fingerprint density at radius 3 is 2.46 bits per heavy atom. The summed E-state index contributed by atoms with van der Waals surface area (Å²) in [5.74, 6) is 0.345. The Hall–Kier alpha value is -2.54. The Balaban J connectivity index is 1.68. The zero-order chi connectivity index (χ0) is 18.5. The fraction of sp³-hybridized carbons (Fsp3) is 0.316. The average Bonchev–Trinajstić information content (AvgIpc) is 2.94. The van der Waals surface area contributed by atoms with Crippen LogP contribution >= 0.6 is 0 Å². The second-order valence-corrected chi connectivity index (χ2v) is 6.70. The number of hydrogen-bond donors (Lipinski definition) is 1. The van der Waals surface area contributed by atoms with Gasteiger partial charge in [0.25, 0.3) is 5.91 Å². The molecule has 1 saturated heterocycles. The van der Waals surface area contributed by atoms with Crippen LogP contribution in [0.5, 0.6) is 5.75 Å². The molecule has 2 aromatic carbocycles. The number of fused-ring (bicyclic) bond motifs is 2. The Morgan fingerprint density at radius 1 is 1.08 bits per heavy atom. The maximum Gasteiger partial charge on any atom is 0.416 e. The molecular weight excluding hydrogens is 345 g/mol. The fourth-order valence-electron chi connectivity index (χ4n) is 3.55. The highest BCUT2D eigenvalue weighted by Gasteiger charge is 2.38. The van der Waals surface area contributed by atoms with Crippen LogP contribution in [0.15, 0.2) is 42.5 Å². The van der Waals surface area contributed by atoms with Crippen molar-refractivity contribution in [2.75, 3.05) is 13.2 Å². The molecular formula is C19H17F3N2O2. The lowest BCUT2D eigenvalue weighted by Gasteiger charge is -2.20. The van der Waals surface area contributed by atoms with Crippen molar-refractivity contribution in [1.29, 1.82) is 0 Å². The minimum atomic E-state index is -4.38. The van der Waals surface area contributed by atoms with Crippen LogP contribution in [-0.4, -0.2) is 36.0 Å². The summed E-state index contributed by atoms with van der Waals surface area (Å²) in [5.41, 5.74) is 6.94. The van der Waals surface area contributed by atoms with E-state index in [1.54, 1.807) is 23.1 Å². The molecule has 2 unspecified atom stereocenters. The third kappa shape index (κ3) is 2.92. The molecule has 0 saturated carbocycles. The lowest BCUT2D eigenvalue weighted by molar-refractivity contribution is -0.137. The number of amides is 1. The number of halogens is 3. The van der Waals surface area contributed by atoms with Gasteiger partial charge in [-0.15, -0.1) is 0 Å². The van der Waals surface area contributed by atoms with E-state index in [0.29, 0.717) is 42.0 Å². The molecule has 7 heteroatoms. The largest absolute Gasteiger partial charge is 0.491 e. The van der Waals surface area contributed by atoms with Gasteiger partial charge in [-0.2, -0.15) is 13.2 Å². The molecule has 26 heavy (non-hydrogen) atoms. The number of hydrogen-bond acceptors (Lipinski definition) is 3. The zero-order valence-corrected chi connectivity index (χ0v) is 13.8. The van der Waals surface area contributed by atoms with E-state index in [2.05, 4.69) is 0 Å². The van der Waals surface area contributed by atoms with Crippen molar-refractivity contribution >= 4 is 5.91 Å². The van der Waals surface area contributed by atoms with Gasteiger partial charge in [-0.25, -0.2) is 0 Å². The maximum atomic E-state index is 12.9. The minimum Gasteiger partial charge on any atom is -0.491 e. The summed E-state index contributed by atoms with van der Waals surface area (Å²) in [7, 11) is 0. The Kier molecular flexibility index (Phi) is 3.91. The molecule has 4 nitrogen and oxygen atoms in total. The first-order valence-corrected chi connectivity index (χ1v) is 8.34. The van der Waals surface area contributed by atoms with Crippen LogP contribution < -0.4 is 10.5 Å². The van der Waals surface area contributed by atoms with Crippen LogP contribution in [0.25, 0.3) is 11.1 Å². The third-order valence-corrected chi connectivity index (χ3v) is 4.89. The molecule has 2 heterocycles. The number of nitrogens with zero attached hydrogens (tertiary/aromatic N) is 1. The van der Waals surface area contributed by atoms with Crippen LogP contribution in [0.3, 0.4) is 0 Å². The molecule has 136 valence electrons. The first kappa shape index (κ1) is 16.9. The standard InChI is InChI=1S/C19H17F3N2O2/c20-19(21,22)13-4-1-11(2-5-13)12-3-6-17-16(7-12)18(25)24-9-14(23)8-15(24)10-26-17/h1-7,14-15H,8-10,23H2. The Labute approximate surface area is 148 Å². The van der Waals surface area contributed by atoms with Crippen molar-refractivity contribution in [3.63, 3.8) is 0 Å². The Morgan fingerprint density at radius 2 is 1.77 bits per heavy atom. The van der Waals surface area contributed by atoms with Crippen molar-refractivity contribution in [2.24, 2.45) is 5.73 Å². The number of rotatable bonds is 1. The number of nitrogens with two attached hydrogens (primary N) is 1. The van der Waals surface area contributed by atoms with Gasteiger partial charge in [0, 0.05) is 12.6 Å². The van der Waals surface area contributed by atoms with E-state index in [4.69, 9.17) is 10.5 Å². The van der Waals surface area contributed by atoms with E-state index in [0.717, 1.165) is 12.1 Å². The zero-order valence-electron chi connectivity index (χ0n) is 13.8. The summed E-state index contributed by atoms with van der Waals surface area (Å²) in [4.78, 5) is 14.6. The molecule has 2 aromatic rings. The summed E-state index contributed by atoms with van der Waals surface area (Å²) in [6.07, 6.45) is -3.68. The van der Waals surface area contributed by atoms with Gasteiger partial charge in [0.1, 0.15) is 12.4 Å². The second kappa shape index (κ2) is 6.02. The van der Waals surface area contributed by atoms with Crippen LogP contribution in [0, 0.1) is 0 Å². The van der Waals surface area contributed by atoms with E-state index >= 15 is 0 Å². The molecule has 2 aliphatic heterocycles. The summed E-state index contributed by atoms with van der Waals surface area (Å²) in [6, 6.07) is 9.89. The predicted molar refractivity (Wildman–Crippen MR) is 89.8 cm³/mol. The van der Waals surface area contributed by atoms with Gasteiger partial charge >= 0.3 is 6.18 Å². The lowest BCUT2D eigenvalue weighted by atomic mass is 10.0. The molecule has 0 bridgehead atoms. The quantitative estimate of drug-likeness (QED) is 0.847. The van der Waals surface area contributed by atoms with Gasteiger partial charge < -0.3 is 15.4 Å². The summed E-state index contributed by atoms with van der Waals surface area (Å²) >= 11 is 0. The minimum absolute atomic E-state index is 0.0422. The van der Waals surface area contributed by atoms with Gasteiger partial charge in [-0.05, 0) is 41.8 Å². The van der Waals surface area contributed by atoms with Gasteiger partial charge in [-0.3, -0.25) is 4.79 Å². The van der Waals surface area contributed by atoms with Crippen molar-refractivity contribution in [3.8, 4) is 16.9 Å². The van der Waals surface area contributed by atoms with Gasteiger partial charge in [0.15, 0.2) is 0 Å². The van der Waals surface area contributed by atoms with E-state index in [9.17, 15) is 18.0 Å². The molecule has 2 atom stereocenters. The van der Waals surface area contributed by atoms with E-state index in [1.165, 1.54) is 12.1 Å². The molecule has 0 radical (unpaired) electrons. The van der Waals surface area contributed by atoms with Crippen molar-refractivity contribution in [2.45, 2.75) is 24.7 Å². The molecule has 0 aromatic heterocycles. The van der Waals surface area contributed by atoms with Crippen molar-refractivity contribution in [1.82, 2.24) is 4.90 Å². The summed E-state index contributed by atoms with van der Waals surface area (Å²) < 4.78 is 43.9. The van der Waals surface area contributed by atoms with E-state index in [1.807, 2.05) is 0 Å². The van der Waals surface area contributed by atoms with Crippen molar-refractivity contribution in [3.05, 3.63) is 53.6 Å². The maximum absolute atomic E-state index is 12.9. The molecule has 1 fully saturated rings. The van der Waals surface area contributed by atoms with Gasteiger partial charge in [0.05, 0.1) is 17.2 Å². The monoisotopic (exact) mass is 362 g/mol. The van der Waals surface area contributed by atoms with Crippen LogP contribution in [0.4, 0.5) is 13.2 Å². The second-order valence-electron chi connectivity index (χ2n) is 6.70. The lowest BCUT2D eigenvalue weighted by Crippen LogP contribution is -2.37. The van der Waals surface area contributed by atoms with E-state index in [-0.39, 0.29) is 18.0 Å². The van der Waals surface area contributed by atoms with Gasteiger partial charge in [-0.1, -0.05) is 18.2 Å². The number of carbonyl (C=O) groups excluding carboxylic acids is 1. The van der Waals surface area contributed by atoms with Crippen LogP contribution in [-0.2, 0) is 6.18 Å². The predicted octanol–water partition coefficient (Wildman–Crippen LogP) is 3.31. The number of alkyl halides is 3. The highest BCUT2D eigenvalue weighted by atomic mass is 19.4. The molecule has 1 amide bonds. The molecule has 4 rings (SSSR count). The fourth-order valence-corrected chi connectivity index (χ4v) is 3.55. The SMILES string of the molecule is NC1CC2COc3ccc(-c4ccc(C(F)(F)F)cc4)cc3C(=O)N2C1. The summed E-state index contributed by atoms with van der Waals surface area (Å²) in [6.45, 7) is 0.878. The average molecular weight is 362 g/mol. The first-order chi connectivity index (χ1) is 12.3. The molecule has 2 aliphatic rings. The van der Waals surface area contributed by atoms with E-state index < -0.39 is 11.7 Å². The topological polar surface area (TPSA) is 55.6 Å². The Bertz CT molecular complexity index is 849. The number of carbonyl (C=O) groups is 1. The number of benzene rings is 2. The van der Waals surface area contributed by atoms with Crippen LogP contribution in [0.2, 0.25) is 0 Å². The highest BCUT2D eigenvalue weighted by molar-refractivity contribution is 5.99. The first-order valence-electron chi connectivity index (χ1n) is 8.34. The third-order valence-electron chi connectivity index (χ3n) is 4.89. The number of ether oxygens (including phenoxy) is 1. The van der Waals surface area contributed by atoms with Crippen LogP contribution in [0.1, 0.15) is 22.3 Å². The smallest absolute Gasteiger partial charge is 0.416 e. The van der Waals surface area contributed by atoms with Crippen molar-refractivity contribution < 1.29 is 22.7 Å².